The summed E-state index contributed by atoms with van der Waals surface area (Å²) in [6.45, 7) is 2.27. The lowest BCUT2D eigenvalue weighted by atomic mass is 9.85. The first-order chi connectivity index (χ1) is 8.72. The molecule has 0 saturated heterocycles. The van der Waals surface area contributed by atoms with Gasteiger partial charge in [-0.3, -0.25) is 4.79 Å². The van der Waals surface area contributed by atoms with Gasteiger partial charge in [0, 0.05) is 18.6 Å². The van der Waals surface area contributed by atoms with Crippen molar-refractivity contribution in [2.75, 3.05) is 13.2 Å². The van der Waals surface area contributed by atoms with E-state index in [-0.39, 0.29) is 24.1 Å². The predicted octanol–water partition coefficient (Wildman–Crippen LogP) is 1.10. The van der Waals surface area contributed by atoms with Gasteiger partial charge in [0.25, 0.3) is 5.91 Å². The summed E-state index contributed by atoms with van der Waals surface area (Å²) >= 11 is 0. The second kappa shape index (κ2) is 7.72. The minimum absolute atomic E-state index is 0.0286. The molecule has 1 fully saturated rings. The van der Waals surface area contributed by atoms with Gasteiger partial charge in [-0.25, -0.2) is 0 Å². The van der Waals surface area contributed by atoms with Crippen LogP contribution in [0.3, 0.4) is 0 Å². The van der Waals surface area contributed by atoms with Crippen molar-refractivity contribution < 1.29 is 14.6 Å². The zero-order valence-electron chi connectivity index (χ0n) is 10.7. The number of aliphatic hydroxyl groups is 1. The lowest BCUT2D eigenvalue weighted by Crippen LogP contribution is -2.43. The van der Waals surface area contributed by atoms with E-state index in [4.69, 9.17) is 10.00 Å². The number of nitrogens with one attached hydrogen (secondary N) is 1. The quantitative estimate of drug-likeness (QED) is 0.436. The maximum absolute atomic E-state index is 11.8. The summed E-state index contributed by atoms with van der Waals surface area (Å²) in [5, 5.41) is 20.9. The molecule has 0 aromatic carbocycles. The largest absolute Gasteiger partial charge is 0.500 e. The molecule has 0 bridgehead atoms. The van der Waals surface area contributed by atoms with Gasteiger partial charge in [-0.2, -0.15) is 5.26 Å². The molecular weight excluding hydrogens is 232 g/mol. The van der Waals surface area contributed by atoms with Gasteiger partial charge >= 0.3 is 0 Å². The van der Waals surface area contributed by atoms with E-state index >= 15 is 0 Å². The van der Waals surface area contributed by atoms with Crippen LogP contribution in [0, 0.1) is 17.2 Å². The summed E-state index contributed by atoms with van der Waals surface area (Å²) in [7, 11) is 0. The maximum Gasteiger partial charge on any atom is 0.265 e. The second-order valence-corrected chi connectivity index (χ2v) is 4.41. The highest BCUT2D eigenvalue weighted by molar-refractivity contribution is 5.97. The van der Waals surface area contributed by atoms with Crippen LogP contribution in [-0.4, -0.2) is 30.3 Å². The Morgan fingerprint density at radius 1 is 1.56 bits per heavy atom. The Labute approximate surface area is 107 Å². The second-order valence-electron chi connectivity index (χ2n) is 4.41. The molecule has 1 saturated carbocycles. The first kappa shape index (κ1) is 14.5. The van der Waals surface area contributed by atoms with E-state index in [9.17, 15) is 9.90 Å². The van der Waals surface area contributed by atoms with Gasteiger partial charge in [0.2, 0.25) is 0 Å². The van der Waals surface area contributed by atoms with Gasteiger partial charge in [0.1, 0.15) is 12.3 Å². The fourth-order valence-electron chi connectivity index (χ4n) is 2.16. The minimum atomic E-state index is -0.420. The predicted molar refractivity (Wildman–Crippen MR) is 66.3 cm³/mol. The van der Waals surface area contributed by atoms with Gasteiger partial charge in [-0.15, -0.1) is 0 Å². The SMILES string of the molecule is CCO/C=C(/C#N)C(=O)NC1CCCCC1CO. The summed E-state index contributed by atoms with van der Waals surface area (Å²) in [6.07, 6.45) is 5.07. The Morgan fingerprint density at radius 2 is 2.28 bits per heavy atom. The molecule has 1 amide bonds. The Morgan fingerprint density at radius 3 is 2.89 bits per heavy atom. The molecule has 100 valence electrons. The van der Waals surface area contributed by atoms with Crippen LogP contribution in [0.4, 0.5) is 0 Å². The molecule has 2 N–H and O–H groups in total. The highest BCUT2D eigenvalue weighted by atomic mass is 16.5. The Bertz CT molecular complexity index is 347. The van der Waals surface area contributed by atoms with Crippen molar-refractivity contribution >= 4 is 5.91 Å². The third-order valence-corrected chi connectivity index (χ3v) is 3.19. The van der Waals surface area contributed by atoms with Gasteiger partial charge in [-0.05, 0) is 19.8 Å². The third-order valence-electron chi connectivity index (χ3n) is 3.19. The van der Waals surface area contributed by atoms with Crippen LogP contribution in [0.2, 0.25) is 0 Å². The summed E-state index contributed by atoms with van der Waals surface area (Å²) in [5.41, 5.74) is -0.0286. The van der Waals surface area contributed by atoms with E-state index in [1.165, 1.54) is 6.26 Å². The van der Waals surface area contributed by atoms with Crippen molar-refractivity contribution in [1.82, 2.24) is 5.32 Å². The molecule has 2 unspecified atom stereocenters. The van der Waals surface area contributed by atoms with Crippen LogP contribution < -0.4 is 5.32 Å². The molecular formula is C13H20N2O3. The van der Waals surface area contributed by atoms with E-state index in [0.717, 1.165) is 25.7 Å². The van der Waals surface area contributed by atoms with Crippen molar-refractivity contribution in [2.45, 2.75) is 38.6 Å². The number of carbonyl (C=O) groups excluding carboxylic acids is 1. The smallest absolute Gasteiger partial charge is 0.265 e. The molecule has 0 heterocycles. The highest BCUT2D eigenvalue weighted by Crippen LogP contribution is 2.24. The van der Waals surface area contributed by atoms with E-state index in [1.807, 2.05) is 6.07 Å². The number of hydrogen-bond donors (Lipinski definition) is 2. The first-order valence-corrected chi connectivity index (χ1v) is 6.36. The molecule has 1 aliphatic carbocycles. The number of aliphatic hydroxyl groups excluding tert-OH is 1. The Balaban J connectivity index is 2.59. The van der Waals surface area contributed by atoms with Crippen LogP contribution in [0.15, 0.2) is 11.8 Å². The third kappa shape index (κ3) is 4.04. The van der Waals surface area contributed by atoms with Crippen molar-refractivity contribution in [3.63, 3.8) is 0 Å². The molecule has 1 rings (SSSR count). The zero-order valence-corrected chi connectivity index (χ0v) is 10.7. The molecule has 5 heteroatoms. The lowest BCUT2D eigenvalue weighted by molar-refractivity contribution is -0.118. The van der Waals surface area contributed by atoms with Crippen LogP contribution in [0.5, 0.6) is 0 Å². The number of rotatable bonds is 5. The van der Waals surface area contributed by atoms with Gasteiger partial charge in [0.15, 0.2) is 5.57 Å². The highest BCUT2D eigenvalue weighted by Gasteiger charge is 2.26. The average Bonchev–Trinajstić information content (AvgIpc) is 2.40. The topological polar surface area (TPSA) is 82.3 Å². The summed E-state index contributed by atoms with van der Waals surface area (Å²) in [4.78, 5) is 11.8. The molecule has 0 aromatic rings. The molecule has 0 aliphatic heterocycles. The van der Waals surface area contributed by atoms with Gasteiger partial charge in [0.05, 0.1) is 6.61 Å². The van der Waals surface area contributed by atoms with Crippen LogP contribution >= 0.6 is 0 Å². The molecule has 0 radical (unpaired) electrons. The van der Waals surface area contributed by atoms with Gasteiger partial charge in [-0.1, -0.05) is 12.8 Å². The molecule has 5 nitrogen and oxygen atoms in total. The average molecular weight is 252 g/mol. The fourth-order valence-corrected chi connectivity index (χ4v) is 2.16. The number of nitriles is 1. The number of nitrogens with zero attached hydrogens (tertiary/aromatic N) is 1. The molecule has 2 atom stereocenters. The summed E-state index contributed by atoms with van der Waals surface area (Å²) in [5.74, 6) is -0.328. The molecule has 0 aromatic heterocycles. The number of carbonyl (C=O) groups is 1. The van der Waals surface area contributed by atoms with E-state index in [0.29, 0.717) is 6.61 Å². The van der Waals surface area contributed by atoms with Crippen LogP contribution in [0.1, 0.15) is 32.6 Å². The van der Waals surface area contributed by atoms with Crippen molar-refractivity contribution in [3.8, 4) is 6.07 Å². The fraction of sp³-hybridized carbons (Fsp3) is 0.692. The number of ether oxygens (including phenoxy) is 1. The normalized spacial score (nSPS) is 24.2. The van der Waals surface area contributed by atoms with Gasteiger partial charge < -0.3 is 15.2 Å². The number of amides is 1. The van der Waals surface area contributed by atoms with E-state index in [2.05, 4.69) is 5.32 Å². The minimum Gasteiger partial charge on any atom is -0.500 e. The Kier molecular flexibility index (Phi) is 6.23. The maximum atomic E-state index is 11.8. The standard InChI is InChI=1S/C13H20N2O3/c1-2-18-9-11(7-14)13(17)15-12-6-4-3-5-10(12)8-16/h9-10,12,16H,2-6,8H2,1H3,(H,15,17)/b11-9-. The van der Waals surface area contributed by atoms with Crippen LogP contribution in [0.25, 0.3) is 0 Å². The molecule has 18 heavy (non-hydrogen) atoms. The summed E-state index contributed by atoms with van der Waals surface area (Å²) < 4.78 is 4.96. The number of hydrogen-bond acceptors (Lipinski definition) is 4. The van der Waals surface area contributed by atoms with Crippen molar-refractivity contribution in [2.24, 2.45) is 5.92 Å². The Hall–Kier alpha value is -1.54. The molecule has 0 spiro atoms. The lowest BCUT2D eigenvalue weighted by Gasteiger charge is -2.30. The van der Waals surface area contributed by atoms with E-state index in [1.54, 1.807) is 6.92 Å². The van der Waals surface area contributed by atoms with E-state index < -0.39 is 5.91 Å². The summed E-state index contributed by atoms with van der Waals surface area (Å²) in [6, 6.07) is 1.77. The molecule has 1 aliphatic rings. The monoisotopic (exact) mass is 252 g/mol. The first-order valence-electron chi connectivity index (χ1n) is 6.36. The zero-order chi connectivity index (χ0) is 13.4. The van der Waals surface area contributed by atoms with Crippen molar-refractivity contribution in [3.05, 3.63) is 11.8 Å². The van der Waals surface area contributed by atoms with Crippen molar-refractivity contribution in [1.29, 1.82) is 5.26 Å². The van der Waals surface area contributed by atoms with Crippen LogP contribution in [-0.2, 0) is 9.53 Å².